The van der Waals surface area contributed by atoms with Crippen LogP contribution in [-0.4, -0.2) is 28.6 Å². The van der Waals surface area contributed by atoms with Crippen LogP contribution in [0.25, 0.3) is 0 Å². The lowest BCUT2D eigenvalue weighted by Crippen LogP contribution is -2.48. The molecule has 0 radical (unpaired) electrons. The molecule has 4 heteroatoms. The first-order valence-corrected chi connectivity index (χ1v) is 8.15. The molecule has 0 aliphatic heterocycles. The Hall–Kier alpha value is -0.943. The lowest BCUT2D eigenvalue weighted by Gasteiger charge is -2.29. The molecule has 3 nitrogen and oxygen atoms in total. The van der Waals surface area contributed by atoms with Gasteiger partial charge >= 0.3 is 8.80 Å². The van der Waals surface area contributed by atoms with Crippen LogP contribution in [0.3, 0.4) is 0 Å². The van der Waals surface area contributed by atoms with Crippen molar-refractivity contribution in [2.75, 3.05) is 19.8 Å². The average molecular weight is 266 g/mol. The van der Waals surface area contributed by atoms with Gasteiger partial charge in [-0.05, 0) is 20.8 Å². The Morgan fingerprint density at radius 2 is 1.28 bits per heavy atom. The second-order valence-corrected chi connectivity index (χ2v) is 6.16. The second kappa shape index (κ2) is 8.21. The summed E-state index contributed by atoms with van der Waals surface area (Å²) in [6.45, 7) is 7.62. The van der Waals surface area contributed by atoms with E-state index in [0.29, 0.717) is 19.8 Å². The molecule has 0 saturated heterocycles. The van der Waals surface area contributed by atoms with E-state index in [2.05, 4.69) is 0 Å². The Kier molecular flexibility index (Phi) is 6.89. The number of allylic oxidation sites excluding steroid dienone is 8. The Bertz CT molecular complexity index is 339. The number of hydrogen-bond donors (Lipinski definition) is 0. The fourth-order valence-electron chi connectivity index (χ4n) is 1.72. The fraction of sp³-hybridized carbons (Fsp3) is 0.429. The van der Waals surface area contributed by atoms with Crippen molar-refractivity contribution in [1.29, 1.82) is 0 Å². The predicted octanol–water partition coefficient (Wildman–Crippen LogP) is 3.18. The maximum Gasteiger partial charge on any atom is 0.537 e. The summed E-state index contributed by atoms with van der Waals surface area (Å²) in [6.07, 6.45) is 13.9. The molecule has 0 aromatic carbocycles. The highest BCUT2D eigenvalue weighted by atomic mass is 28.4. The molecule has 0 spiro atoms. The van der Waals surface area contributed by atoms with E-state index in [0.717, 1.165) is 5.20 Å². The van der Waals surface area contributed by atoms with E-state index in [9.17, 15) is 0 Å². The maximum absolute atomic E-state index is 5.86. The lowest BCUT2D eigenvalue weighted by atomic mass is 10.3. The van der Waals surface area contributed by atoms with Crippen molar-refractivity contribution >= 4 is 8.80 Å². The van der Waals surface area contributed by atoms with Gasteiger partial charge in [0.25, 0.3) is 0 Å². The highest BCUT2D eigenvalue weighted by Gasteiger charge is 2.43. The average Bonchev–Trinajstić information content (AvgIpc) is 2.29. The van der Waals surface area contributed by atoms with Crippen molar-refractivity contribution in [2.24, 2.45) is 0 Å². The van der Waals surface area contributed by atoms with Gasteiger partial charge in [0.1, 0.15) is 0 Å². The van der Waals surface area contributed by atoms with Gasteiger partial charge < -0.3 is 13.3 Å². The molecular formula is C14H22O3Si. The van der Waals surface area contributed by atoms with Crippen LogP contribution in [0.1, 0.15) is 20.8 Å². The molecule has 0 aromatic heterocycles. The minimum Gasteiger partial charge on any atom is -0.370 e. The second-order valence-electron chi connectivity index (χ2n) is 3.61. The van der Waals surface area contributed by atoms with Crippen LogP contribution in [0.4, 0.5) is 0 Å². The number of rotatable bonds is 7. The SMILES string of the molecule is CCO[Si](OCC)(OCC)C1=C/C=C\C=C/C=C1. The Morgan fingerprint density at radius 1 is 0.778 bits per heavy atom. The molecule has 1 aliphatic carbocycles. The molecule has 0 atom stereocenters. The van der Waals surface area contributed by atoms with Crippen LogP contribution in [0.15, 0.2) is 47.7 Å². The number of hydrogen-bond acceptors (Lipinski definition) is 3. The molecule has 18 heavy (non-hydrogen) atoms. The molecule has 0 heterocycles. The van der Waals surface area contributed by atoms with E-state index in [-0.39, 0.29) is 0 Å². The summed E-state index contributed by atoms with van der Waals surface area (Å²) in [5.74, 6) is 0. The summed E-state index contributed by atoms with van der Waals surface area (Å²) in [5.41, 5.74) is 0. The molecule has 100 valence electrons. The minimum absolute atomic E-state index is 0.580. The van der Waals surface area contributed by atoms with Crippen molar-refractivity contribution in [3.8, 4) is 0 Å². The first kappa shape index (κ1) is 15.1. The van der Waals surface area contributed by atoms with Gasteiger partial charge in [0.15, 0.2) is 0 Å². The highest BCUT2D eigenvalue weighted by molar-refractivity contribution is 6.69. The van der Waals surface area contributed by atoms with E-state index >= 15 is 0 Å². The summed E-state index contributed by atoms with van der Waals surface area (Å²) in [7, 11) is -2.76. The molecule has 0 N–H and O–H groups in total. The van der Waals surface area contributed by atoms with E-state index < -0.39 is 8.80 Å². The normalized spacial score (nSPS) is 18.9. The zero-order valence-electron chi connectivity index (χ0n) is 11.4. The molecule has 0 bridgehead atoms. The van der Waals surface area contributed by atoms with Crippen molar-refractivity contribution in [3.63, 3.8) is 0 Å². The van der Waals surface area contributed by atoms with Crippen molar-refractivity contribution < 1.29 is 13.3 Å². The minimum atomic E-state index is -2.76. The molecule has 0 unspecified atom stereocenters. The first-order chi connectivity index (χ1) is 8.79. The zero-order chi connectivity index (χ0) is 13.3. The molecular weight excluding hydrogens is 244 g/mol. The topological polar surface area (TPSA) is 27.7 Å². The first-order valence-electron chi connectivity index (χ1n) is 6.43. The summed E-state index contributed by atoms with van der Waals surface area (Å²) < 4.78 is 17.6. The molecule has 0 fully saturated rings. The zero-order valence-corrected chi connectivity index (χ0v) is 12.4. The molecule has 0 amide bonds. The summed E-state index contributed by atoms with van der Waals surface area (Å²) in [5, 5.41) is 0.994. The fourth-order valence-corrected chi connectivity index (χ4v) is 4.21. The van der Waals surface area contributed by atoms with Gasteiger partial charge in [0, 0.05) is 25.0 Å². The van der Waals surface area contributed by atoms with Crippen LogP contribution in [0, 0.1) is 0 Å². The highest BCUT2D eigenvalue weighted by Crippen LogP contribution is 2.22. The summed E-state index contributed by atoms with van der Waals surface area (Å²) >= 11 is 0. The van der Waals surface area contributed by atoms with Gasteiger partial charge in [0.05, 0.1) is 0 Å². The van der Waals surface area contributed by atoms with Crippen molar-refractivity contribution in [1.82, 2.24) is 0 Å². The summed E-state index contributed by atoms with van der Waals surface area (Å²) in [4.78, 5) is 0. The monoisotopic (exact) mass is 266 g/mol. The quantitative estimate of drug-likeness (QED) is 0.662. The van der Waals surface area contributed by atoms with Gasteiger partial charge in [-0.15, -0.1) is 0 Å². The third kappa shape index (κ3) is 4.06. The van der Waals surface area contributed by atoms with Gasteiger partial charge in [-0.1, -0.05) is 42.5 Å². The molecule has 0 aromatic rings. The lowest BCUT2D eigenvalue weighted by molar-refractivity contribution is 0.0818. The van der Waals surface area contributed by atoms with E-state index in [1.807, 2.05) is 63.3 Å². The van der Waals surface area contributed by atoms with Gasteiger partial charge in [-0.2, -0.15) is 0 Å². The smallest absolute Gasteiger partial charge is 0.370 e. The van der Waals surface area contributed by atoms with E-state index in [1.54, 1.807) is 0 Å². The van der Waals surface area contributed by atoms with Crippen LogP contribution < -0.4 is 0 Å². The largest absolute Gasteiger partial charge is 0.537 e. The van der Waals surface area contributed by atoms with E-state index in [4.69, 9.17) is 13.3 Å². The van der Waals surface area contributed by atoms with Gasteiger partial charge in [-0.25, -0.2) is 0 Å². The predicted molar refractivity (Wildman–Crippen MR) is 76.1 cm³/mol. The third-order valence-electron chi connectivity index (χ3n) is 2.35. The van der Waals surface area contributed by atoms with Crippen LogP contribution in [-0.2, 0) is 13.3 Å². The van der Waals surface area contributed by atoms with Crippen molar-refractivity contribution in [3.05, 3.63) is 47.7 Å². The molecule has 0 saturated carbocycles. The maximum atomic E-state index is 5.86. The van der Waals surface area contributed by atoms with Gasteiger partial charge in [0.2, 0.25) is 0 Å². The Morgan fingerprint density at radius 3 is 1.83 bits per heavy atom. The Labute approximate surface area is 111 Å². The molecule has 1 rings (SSSR count). The van der Waals surface area contributed by atoms with Crippen LogP contribution in [0.5, 0.6) is 0 Å². The summed E-state index contributed by atoms with van der Waals surface area (Å²) in [6, 6.07) is 0. The van der Waals surface area contributed by atoms with Gasteiger partial charge in [-0.3, -0.25) is 0 Å². The standard InChI is InChI=1S/C14H22O3Si/c1-4-15-18(16-5-2,17-6-3)14-12-10-8-7-9-11-13-14/h7-13H,4-6H2,1-3H3/b8-7-,9-7?,10-8?,11-9-,12-10?,13-11?,14-12?,14-13?. The van der Waals surface area contributed by atoms with Crippen LogP contribution >= 0.6 is 0 Å². The van der Waals surface area contributed by atoms with E-state index in [1.165, 1.54) is 0 Å². The molecule has 1 aliphatic rings. The van der Waals surface area contributed by atoms with Crippen LogP contribution in [0.2, 0.25) is 0 Å². The third-order valence-corrected chi connectivity index (χ3v) is 5.40. The van der Waals surface area contributed by atoms with Crippen molar-refractivity contribution in [2.45, 2.75) is 20.8 Å². The Balaban J connectivity index is 3.05.